The van der Waals surface area contributed by atoms with E-state index in [-0.39, 0.29) is 76.5 Å². The molecule has 4 fully saturated rings. The molecule has 0 aliphatic heterocycles. The predicted octanol–water partition coefficient (Wildman–Crippen LogP) is 4.89. The number of fused-ring (bicyclic) bond motifs is 5. The second-order valence-electron chi connectivity index (χ2n) is 12.6. The highest BCUT2D eigenvalue weighted by atomic mass is 16.5. The van der Waals surface area contributed by atoms with Gasteiger partial charge in [0.1, 0.15) is 18.0 Å². The van der Waals surface area contributed by atoms with Crippen LogP contribution in [0.5, 0.6) is 0 Å². The minimum Gasteiger partial charge on any atom is -0.469 e. The van der Waals surface area contributed by atoms with Crippen molar-refractivity contribution in [2.24, 2.45) is 46.3 Å². The highest BCUT2D eigenvalue weighted by Crippen LogP contribution is 2.69. The molecule has 7 heteroatoms. The van der Waals surface area contributed by atoms with Crippen LogP contribution < -0.4 is 0 Å². The summed E-state index contributed by atoms with van der Waals surface area (Å²) in [6.45, 7) is 9.76. The number of ketones is 1. The van der Waals surface area contributed by atoms with Crippen molar-refractivity contribution < 1.29 is 33.4 Å². The Hall–Kier alpha value is -1.92. The molecule has 0 spiro atoms. The number of carbonyl (C=O) groups is 4. The molecule has 0 radical (unpaired) electrons. The average Bonchev–Trinajstić information content (AvgIpc) is 3.16. The minimum absolute atomic E-state index is 0.0382. The highest BCUT2D eigenvalue weighted by molar-refractivity contribution is 5.79. The van der Waals surface area contributed by atoms with Crippen LogP contribution >= 0.6 is 0 Å². The second kappa shape index (κ2) is 10.1. The van der Waals surface area contributed by atoms with E-state index in [4.69, 9.17) is 14.2 Å². The maximum atomic E-state index is 12.4. The fourth-order valence-electron chi connectivity index (χ4n) is 9.25. The van der Waals surface area contributed by atoms with Crippen molar-refractivity contribution in [1.82, 2.24) is 0 Å². The maximum Gasteiger partial charge on any atom is 0.305 e. The molecule has 4 aliphatic rings. The van der Waals surface area contributed by atoms with Crippen LogP contribution in [0.15, 0.2) is 0 Å². The molecule has 1 unspecified atom stereocenters. The summed E-state index contributed by atoms with van der Waals surface area (Å²) in [5.74, 6) is 0.944. The van der Waals surface area contributed by atoms with Gasteiger partial charge in [-0.15, -0.1) is 0 Å². The molecule has 202 valence electrons. The zero-order chi connectivity index (χ0) is 26.4. The van der Waals surface area contributed by atoms with Gasteiger partial charge in [-0.3, -0.25) is 19.2 Å². The van der Waals surface area contributed by atoms with Gasteiger partial charge in [0.2, 0.25) is 0 Å². The third kappa shape index (κ3) is 4.60. The predicted molar refractivity (Wildman–Crippen MR) is 133 cm³/mol. The van der Waals surface area contributed by atoms with Crippen LogP contribution in [0.3, 0.4) is 0 Å². The molecule has 0 bridgehead atoms. The number of Topliss-reactive ketones (excluding diaryl/α,β-unsaturated/α-hetero) is 1. The van der Waals surface area contributed by atoms with Gasteiger partial charge in [-0.05, 0) is 73.5 Å². The molecule has 7 nitrogen and oxygen atoms in total. The number of rotatable bonds is 6. The number of carbonyl (C=O) groups excluding carboxylic acids is 4. The van der Waals surface area contributed by atoms with Crippen LogP contribution in [-0.2, 0) is 33.4 Å². The third-order valence-electron chi connectivity index (χ3n) is 11.0. The van der Waals surface area contributed by atoms with E-state index in [2.05, 4.69) is 20.8 Å². The molecule has 10 atom stereocenters. The lowest BCUT2D eigenvalue weighted by Gasteiger charge is -2.63. The van der Waals surface area contributed by atoms with Gasteiger partial charge in [-0.2, -0.15) is 0 Å². The first kappa shape index (κ1) is 27.1. The first-order valence-corrected chi connectivity index (χ1v) is 13.8. The van der Waals surface area contributed by atoms with E-state index >= 15 is 0 Å². The third-order valence-corrected chi connectivity index (χ3v) is 11.0. The minimum atomic E-state index is -0.269. The number of hydrogen-bond acceptors (Lipinski definition) is 7. The lowest BCUT2D eigenvalue weighted by atomic mass is 9.43. The van der Waals surface area contributed by atoms with Crippen LogP contribution in [0.1, 0.15) is 92.4 Å². The van der Waals surface area contributed by atoms with E-state index in [1.54, 1.807) is 0 Å². The Kier molecular flexibility index (Phi) is 7.60. The Labute approximate surface area is 215 Å². The first-order valence-electron chi connectivity index (χ1n) is 13.8. The van der Waals surface area contributed by atoms with Crippen molar-refractivity contribution >= 4 is 23.7 Å². The molecular weight excluding hydrogens is 460 g/mol. The molecule has 0 aromatic carbocycles. The van der Waals surface area contributed by atoms with E-state index in [9.17, 15) is 19.2 Å². The SMILES string of the molecule is COC(=O)CC[C@@H](C)[C@H]1CC[C@H]2[C@@H]3[C@H](OC(C)=O)CC4CC(=O)CC[C@]4(C)[C@H]3C[C@H](OC(C)=O)[C@]12C. The van der Waals surface area contributed by atoms with E-state index in [0.29, 0.717) is 25.0 Å². The standard InChI is InChI=1S/C29H44O7/c1-16(7-10-26(33)34-6)21-8-9-22-27-23(15-25(29(21,22)5)36-18(3)31)28(4)12-11-20(32)13-19(28)14-24(27)35-17(2)30/h16,19,21-25,27H,7-15H2,1-6H3/t16-,19?,21-,22+,23+,24-,25+,27+,28+,29-/m1/s1. The highest BCUT2D eigenvalue weighted by Gasteiger charge is 2.67. The molecule has 0 aromatic heterocycles. The van der Waals surface area contributed by atoms with Crippen LogP contribution in [0, 0.1) is 46.3 Å². The fourth-order valence-corrected chi connectivity index (χ4v) is 9.25. The van der Waals surface area contributed by atoms with Gasteiger partial charge in [0.25, 0.3) is 0 Å². The van der Waals surface area contributed by atoms with E-state index < -0.39 is 0 Å². The zero-order valence-electron chi connectivity index (χ0n) is 22.8. The Balaban J connectivity index is 1.72. The summed E-state index contributed by atoms with van der Waals surface area (Å²) in [6.07, 6.45) is 6.09. The number of methoxy groups -OCH3 is 1. The lowest BCUT2D eigenvalue weighted by molar-refractivity contribution is -0.219. The molecule has 4 saturated carbocycles. The number of esters is 3. The topological polar surface area (TPSA) is 96.0 Å². The summed E-state index contributed by atoms with van der Waals surface area (Å²) in [4.78, 5) is 48.9. The molecule has 4 aliphatic carbocycles. The van der Waals surface area contributed by atoms with Crippen molar-refractivity contribution in [1.29, 1.82) is 0 Å². The Morgan fingerprint density at radius 2 is 1.72 bits per heavy atom. The van der Waals surface area contributed by atoms with Gasteiger partial charge < -0.3 is 14.2 Å². The Morgan fingerprint density at radius 3 is 2.36 bits per heavy atom. The zero-order valence-corrected chi connectivity index (χ0v) is 22.8. The van der Waals surface area contributed by atoms with Crippen LogP contribution in [0.4, 0.5) is 0 Å². The smallest absolute Gasteiger partial charge is 0.305 e. The summed E-state index contributed by atoms with van der Waals surface area (Å²) in [7, 11) is 1.42. The molecule has 0 amide bonds. The summed E-state index contributed by atoms with van der Waals surface area (Å²) < 4.78 is 17.0. The number of ether oxygens (including phenoxy) is 3. The summed E-state index contributed by atoms with van der Waals surface area (Å²) in [6, 6.07) is 0. The van der Waals surface area contributed by atoms with Crippen molar-refractivity contribution in [3.05, 3.63) is 0 Å². The maximum absolute atomic E-state index is 12.4. The summed E-state index contributed by atoms with van der Waals surface area (Å²) >= 11 is 0. The molecule has 0 N–H and O–H groups in total. The van der Waals surface area contributed by atoms with Crippen molar-refractivity contribution in [2.75, 3.05) is 7.11 Å². The largest absolute Gasteiger partial charge is 0.469 e. The van der Waals surface area contributed by atoms with E-state index in [1.165, 1.54) is 21.0 Å². The van der Waals surface area contributed by atoms with E-state index in [0.717, 1.165) is 38.5 Å². The average molecular weight is 505 g/mol. The van der Waals surface area contributed by atoms with Crippen molar-refractivity contribution in [3.63, 3.8) is 0 Å². The van der Waals surface area contributed by atoms with Gasteiger partial charge in [0.05, 0.1) is 7.11 Å². The Bertz CT molecular complexity index is 898. The quantitative estimate of drug-likeness (QED) is 0.375. The molecule has 0 saturated heterocycles. The van der Waals surface area contributed by atoms with Crippen molar-refractivity contribution in [2.45, 2.75) is 105 Å². The van der Waals surface area contributed by atoms with Gasteiger partial charge in [0, 0.05) is 44.4 Å². The Morgan fingerprint density at radius 1 is 1.03 bits per heavy atom. The van der Waals surface area contributed by atoms with Gasteiger partial charge in [0.15, 0.2) is 0 Å². The van der Waals surface area contributed by atoms with Crippen molar-refractivity contribution in [3.8, 4) is 0 Å². The number of hydrogen-bond donors (Lipinski definition) is 0. The van der Waals surface area contributed by atoms with Gasteiger partial charge in [-0.1, -0.05) is 20.8 Å². The molecular formula is C29H44O7. The molecule has 0 aromatic rings. The normalized spacial score (nSPS) is 42.4. The molecule has 0 heterocycles. The molecule has 4 rings (SSSR count). The van der Waals surface area contributed by atoms with Crippen LogP contribution in [0.25, 0.3) is 0 Å². The first-order chi connectivity index (χ1) is 16.9. The molecule has 36 heavy (non-hydrogen) atoms. The monoisotopic (exact) mass is 504 g/mol. The lowest BCUT2D eigenvalue weighted by Crippen LogP contribution is -2.63. The van der Waals surface area contributed by atoms with E-state index in [1.807, 2.05) is 0 Å². The summed E-state index contributed by atoms with van der Waals surface area (Å²) in [5, 5.41) is 0. The van der Waals surface area contributed by atoms with Crippen LogP contribution in [0.2, 0.25) is 0 Å². The summed E-state index contributed by atoms with van der Waals surface area (Å²) in [5.41, 5.74) is -0.308. The van der Waals surface area contributed by atoms with Crippen LogP contribution in [-0.4, -0.2) is 43.0 Å². The van der Waals surface area contributed by atoms with Gasteiger partial charge in [-0.25, -0.2) is 0 Å². The van der Waals surface area contributed by atoms with Gasteiger partial charge >= 0.3 is 17.9 Å². The second-order valence-corrected chi connectivity index (χ2v) is 12.6. The fraction of sp³-hybridized carbons (Fsp3) is 0.862.